The Morgan fingerprint density at radius 1 is 1.27 bits per heavy atom. The minimum atomic E-state index is 0.780. The van der Waals surface area contributed by atoms with E-state index in [0.29, 0.717) is 0 Å². The SMILES string of the molecule is CCCOc1ccc(-c2ccccn2)s1. The Hall–Kier alpha value is -1.35. The van der Waals surface area contributed by atoms with Crippen LogP contribution in [-0.2, 0) is 0 Å². The molecule has 2 nitrogen and oxygen atoms in total. The summed E-state index contributed by atoms with van der Waals surface area (Å²) in [6, 6.07) is 9.98. The fraction of sp³-hybridized carbons (Fsp3) is 0.250. The quantitative estimate of drug-likeness (QED) is 0.783. The van der Waals surface area contributed by atoms with E-state index < -0.39 is 0 Å². The van der Waals surface area contributed by atoms with Crippen LogP contribution in [0.3, 0.4) is 0 Å². The van der Waals surface area contributed by atoms with Crippen molar-refractivity contribution in [2.75, 3.05) is 6.61 Å². The Morgan fingerprint density at radius 3 is 2.93 bits per heavy atom. The molecule has 15 heavy (non-hydrogen) atoms. The van der Waals surface area contributed by atoms with E-state index in [9.17, 15) is 0 Å². The van der Waals surface area contributed by atoms with E-state index in [-0.39, 0.29) is 0 Å². The Kier molecular flexibility index (Phi) is 3.35. The van der Waals surface area contributed by atoms with E-state index >= 15 is 0 Å². The van der Waals surface area contributed by atoms with E-state index in [2.05, 4.69) is 18.0 Å². The Morgan fingerprint density at radius 2 is 2.20 bits per heavy atom. The molecule has 0 N–H and O–H groups in total. The normalized spacial score (nSPS) is 10.2. The minimum Gasteiger partial charge on any atom is -0.484 e. The minimum absolute atomic E-state index is 0.780. The van der Waals surface area contributed by atoms with Gasteiger partial charge in [0.05, 0.1) is 17.2 Å². The summed E-state index contributed by atoms with van der Waals surface area (Å²) in [4.78, 5) is 5.45. The van der Waals surface area contributed by atoms with Gasteiger partial charge < -0.3 is 4.74 Å². The van der Waals surface area contributed by atoms with Gasteiger partial charge in [-0.25, -0.2) is 0 Å². The van der Waals surface area contributed by atoms with Crippen molar-refractivity contribution in [1.82, 2.24) is 4.98 Å². The van der Waals surface area contributed by atoms with Crippen LogP contribution in [-0.4, -0.2) is 11.6 Å². The first-order valence-electron chi connectivity index (χ1n) is 5.04. The molecule has 3 heteroatoms. The highest BCUT2D eigenvalue weighted by atomic mass is 32.1. The molecule has 0 aliphatic rings. The smallest absolute Gasteiger partial charge is 0.174 e. The molecular formula is C12H13NOS. The highest BCUT2D eigenvalue weighted by Gasteiger charge is 2.03. The van der Waals surface area contributed by atoms with Crippen LogP contribution in [0.1, 0.15) is 13.3 Å². The van der Waals surface area contributed by atoms with Crippen LogP contribution in [0.4, 0.5) is 0 Å². The number of pyridine rings is 1. The van der Waals surface area contributed by atoms with Crippen molar-refractivity contribution >= 4 is 11.3 Å². The predicted octanol–water partition coefficient (Wildman–Crippen LogP) is 3.60. The van der Waals surface area contributed by atoms with Crippen LogP contribution in [0, 0.1) is 0 Å². The first kappa shape index (κ1) is 10.2. The number of rotatable bonds is 4. The first-order chi connectivity index (χ1) is 7.40. The van der Waals surface area contributed by atoms with Crippen molar-refractivity contribution in [2.24, 2.45) is 0 Å². The fourth-order valence-corrected chi connectivity index (χ4v) is 2.10. The molecule has 2 aromatic heterocycles. The lowest BCUT2D eigenvalue weighted by Crippen LogP contribution is -1.91. The molecule has 0 amide bonds. The second-order valence-electron chi connectivity index (χ2n) is 3.18. The van der Waals surface area contributed by atoms with Gasteiger partial charge in [-0.15, -0.1) is 0 Å². The maximum atomic E-state index is 5.55. The number of thiophene rings is 1. The van der Waals surface area contributed by atoms with Gasteiger partial charge in [-0.05, 0) is 30.7 Å². The van der Waals surface area contributed by atoms with Crippen molar-refractivity contribution in [3.63, 3.8) is 0 Å². The molecule has 2 rings (SSSR count). The molecule has 2 aromatic rings. The second-order valence-corrected chi connectivity index (χ2v) is 4.23. The summed E-state index contributed by atoms with van der Waals surface area (Å²) in [5.41, 5.74) is 1.01. The lowest BCUT2D eigenvalue weighted by Gasteiger charge is -1.98. The number of aromatic nitrogens is 1. The van der Waals surface area contributed by atoms with Crippen LogP contribution in [0.2, 0.25) is 0 Å². The monoisotopic (exact) mass is 219 g/mol. The third-order valence-electron chi connectivity index (χ3n) is 1.95. The van der Waals surface area contributed by atoms with Crippen molar-refractivity contribution in [1.29, 1.82) is 0 Å². The van der Waals surface area contributed by atoms with E-state index in [1.165, 1.54) is 0 Å². The van der Waals surface area contributed by atoms with Crippen molar-refractivity contribution < 1.29 is 4.74 Å². The Balaban J connectivity index is 2.14. The summed E-state index contributed by atoms with van der Waals surface area (Å²) < 4.78 is 5.55. The fourth-order valence-electron chi connectivity index (χ4n) is 1.25. The first-order valence-corrected chi connectivity index (χ1v) is 5.86. The van der Waals surface area contributed by atoms with Gasteiger partial charge in [-0.3, -0.25) is 4.98 Å². The summed E-state index contributed by atoms with van der Waals surface area (Å²) in [6.45, 7) is 2.88. The summed E-state index contributed by atoms with van der Waals surface area (Å²) in [7, 11) is 0. The Bertz CT molecular complexity index is 411. The zero-order valence-corrected chi connectivity index (χ0v) is 9.46. The van der Waals surface area contributed by atoms with Crippen LogP contribution >= 0.6 is 11.3 Å². The summed E-state index contributed by atoms with van der Waals surface area (Å²) in [5.74, 6) is 0. The second kappa shape index (κ2) is 4.94. The maximum Gasteiger partial charge on any atom is 0.174 e. The van der Waals surface area contributed by atoms with Gasteiger partial charge >= 0.3 is 0 Å². The molecule has 0 unspecified atom stereocenters. The average molecular weight is 219 g/mol. The molecule has 0 aliphatic heterocycles. The highest BCUT2D eigenvalue weighted by molar-refractivity contribution is 7.17. The summed E-state index contributed by atoms with van der Waals surface area (Å²) in [5, 5.41) is 0.970. The van der Waals surface area contributed by atoms with Gasteiger partial charge in [-0.2, -0.15) is 0 Å². The number of hydrogen-bond donors (Lipinski definition) is 0. The van der Waals surface area contributed by atoms with Gasteiger partial charge in [-0.1, -0.05) is 24.3 Å². The highest BCUT2D eigenvalue weighted by Crippen LogP contribution is 2.31. The number of hydrogen-bond acceptors (Lipinski definition) is 3. The van der Waals surface area contributed by atoms with E-state index in [0.717, 1.165) is 28.7 Å². The van der Waals surface area contributed by atoms with Crippen molar-refractivity contribution in [2.45, 2.75) is 13.3 Å². The summed E-state index contributed by atoms with van der Waals surface area (Å²) in [6.07, 6.45) is 2.85. The maximum absolute atomic E-state index is 5.55. The molecule has 0 aliphatic carbocycles. The molecule has 0 saturated heterocycles. The van der Waals surface area contributed by atoms with Crippen LogP contribution in [0.15, 0.2) is 36.5 Å². The van der Waals surface area contributed by atoms with Gasteiger partial charge in [0.2, 0.25) is 0 Å². The van der Waals surface area contributed by atoms with Gasteiger partial charge in [0, 0.05) is 6.20 Å². The lowest BCUT2D eigenvalue weighted by atomic mass is 10.3. The zero-order valence-electron chi connectivity index (χ0n) is 8.64. The molecular weight excluding hydrogens is 206 g/mol. The van der Waals surface area contributed by atoms with Crippen molar-refractivity contribution in [3.05, 3.63) is 36.5 Å². The third-order valence-corrected chi connectivity index (χ3v) is 2.97. The number of ether oxygens (including phenoxy) is 1. The molecule has 2 heterocycles. The molecule has 78 valence electrons. The Labute approximate surface area is 93.6 Å². The topological polar surface area (TPSA) is 22.1 Å². The van der Waals surface area contributed by atoms with Gasteiger partial charge in [0.1, 0.15) is 0 Å². The molecule has 0 radical (unpaired) electrons. The predicted molar refractivity (Wildman–Crippen MR) is 63.3 cm³/mol. The molecule has 0 aromatic carbocycles. The summed E-state index contributed by atoms with van der Waals surface area (Å²) >= 11 is 1.64. The lowest BCUT2D eigenvalue weighted by molar-refractivity contribution is 0.326. The molecule has 0 spiro atoms. The van der Waals surface area contributed by atoms with E-state index in [1.807, 2.05) is 30.5 Å². The van der Waals surface area contributed by atoms with Gasteiger partial charge in [0.25, 0.3) is 0 Å². The standard InChI is InChI=1S/C12H13NOS/c1-2-9-14-12-7-6-11(15-12)10-5-3-4-8-13-10/h3-8H,2,9H2,1H3. The molecule has 0 fully saturated rings. The van der Waals surface area contributed by atoms with E-state index in [4.69, 9.17) is 4.74 Å². The van der Waals surface area contributed by atoms with E-state index in [1.54, 1.807) is 11.3 Å². The average Bonchev–Trinajstić information content (AvgIpc) is 2.76. The van der Waals surface area contributed by atoms with Crippen molar-refractivity contribution in [3.8, 4) is 15.6 Å². The third kappa shape index (κ3) is 2.57. The molecule has 0 bridgehead atoms. The molecule has 0 atom stereocenters. The van der Waals surface area contributed by atoms with Gasteiger partial charge in [0.15, 0.2) is 5.06 Å². The number of nitrogens with zero attached hydrogens (tertiary/aromatic N) is 1. The zero-order chi connectivity index (χ0) is 10.5. The van der Waals surface area contributed by atoms with Crippen LogP contribution in [0.25, 0.3) is 10.6 Å². The largest absolute Gasteiger partial charge is 0.484 e. The molecule has 0 saturated carbocycles. The van der Waals surface area contributed by atoms with Crippen LogP contribution < -0.4 is 4.74 Å². The van der Waals surface area contributed by atoms with Crippen LogP contribution in [0.5, 0.6) is 5.06 Å².